The van der Waals surface area contributed by atoms with Crippen LogP contribution in [0.25, 0.3) is 22.2 Å². The second kappa shape index (κ2) is 7.22. The number of likely N-dealkylation sites (tertiary alicyclic amines) is 1. The second-order valence-corrected chi connectivity index (χ2v) is 6.69. The van der Waals surface area contributed by atoms with Gasteiger partial charge >= 0.3 is 0 Å². The first-order valence-electron chi connectivity index (χ1n) is 9.03. The van der Waals surface area contributed by atoms with E-state index in [1.54, 1.807) is 12.4 Å². The molecule has 4 rings (SSSR count). The van der Waals surface area contributed by atoms with E-state index in [2.05, 4.69) is 10.3 Å². The number of pyridine rings is 2. The molecule has 3 aromatic rings. The van der Waals surface area contributed by atoms with Gasteiger partial charge in [0.05, 0.1) is 16.8 Å². The zero-order valence-electron chi connectivity index (χ0n) is 14.9. The molecule has 0 bridgehead atoms. The Labute approximate surface area is 153 Å². The highest BCUT2D eigenvalue weighted by atomic mass is 16.2. The molecule has 3 heterocycles. The van der Waals surface area contributed by atoms with Crippen molar-refractivity contribution in [2.75, 3.05) is 20.1 Å². The minimum absolute atomic E-state index is 0.0823. The van der Waals surface area contributed by atoms with Crippen LogP contribution in [0.5, 0.6) is 0 Å². The molecular weight excluding hydrogens is 324 g/mol. The molecule has 5 heteroatoms. The van der Waals surface area contributed by atoms with E-state index in [1.165, 1.54) is 0 Å². The summed E-state index contributed by atoms with van der Waals surface area (Å²) in [5.41, 5.74) is 3.33. The van der Waals surface area contributed by atoms with E-state index >= 15 is 0 Å². The highest BCUT2D eigenvalue weighted by Crippen LogP contribution is 2.26. The van der Waals surface area contributed by atoms with Crippen LogP contribution in [0.1, 0.15) is 23.2 Å². The molecule has 1 saturated heterocycles. The molecule has 0 saturated carbocycles. The van der Waals surface area contributed by atoms with Crippen LogP contribution in [-0.2, 0) is 0 Å². The monoisotopic (exact) mass is 346 g/mol. The molecule has 1 aliphatic heterocycles. The molecule has 132 valence electrons. The molecule has 1 aromatic carbocycles. The van der Waals surface area contributed by atoms with E-state index in [0.29, 0.717) is 6.04 Å². The van der Waals surface area contributed by atoms with Crippen LogP contribution in [0.3, 0.4) is 0 Å². The fourth-order valence-electron chi connectivity index (χ4n) is 3.59. The van der Waals surface area contributed by atoms with Crippen LogP contribution in [0.4, 0.5) is 0 Å². The molecule has 1 fully saturated rings. The zero-order valence-corrected chi connectivity index (χ0v) is 14.9. The van der Waals surface area contributed by atoms with Crippen molar-refractivity contribution in [2.45, 2.75) is 18.9 Å². The van der Waals surface area contributed by atoms with Crippen molar-refractivity contribution in [1.82, 2.24) is 20.2 Å². The number of amides is 1. The Bertz CT molecular complexity index is 926. The Hall–Kier alpha value is -2.79. The van der Waals surface area contributed by atoms with Crippen molar-refractivity contribution in [3.63, 3.8) is 0 Å². The maximum Gasteiger partial charge on any atom is 0.254 e. The van der Waals surface area contributed by atoms with Gasteiger partial charge < -0.3 is 10.2 Å². The van der Waals surface area contributed by atoms with Gasteiger partial charge in [-0.3, -0.25) is 9.78 Å². The van der Waals surface area contributed by atoms with Gasteiger partial charge in [-0.15, -0.1) is 0 Å². The minimum Gasteiger partial charge on any atom is -0.337 e. The number of piperidine rings is 1. The Morgan fingerprint density at radius 1 is 1.19 bits per heavy atom. The maximum atomic E-state index is 13.3. The highest BCUT2D eigenvalue weighted by Gasteiger charge is 2.25. The van der Waals surface area contributed by atoms with Crippen LogP contribution < -0.4 is 5.32 Å². The number of carbonyl (C=O) groups excluding carboxylic acids is 1. The summed E-state index contributed by atoms with van der Waals surface area (Å²) in [6, 6.07) is 14.0. The number of fused-ring (bicyclic) bond motifs is 1. The molecule has 0 spiro atoms. The van der Waals surface area contributed by atoms with Gasteiger partial charge in [0.2, 0.25) is 0 Å². The lowest BCUT2D eigenvalue weighted by atomic mass is 10.0. The van der Waals surface area contributed by atoms with Gasteiger partial charge in [0.25, 0.3) is 5.91 Å². The number of nitrogens with zero attached hydrogens (tertiary/aromatic N) is 3. The fraction of sp³-hybridized carbons (Fsp3) is 0.286. The standard InChI is InChI=1S/C21H22N4O/c1-22-16-5-4-12-25(14-16)21(26)18-13-20(15-8-10-23-11-9-15)24-19-7-3-2-6-17(18)19/h2-3,6-11,13,16,22H,4-5,12,14H2,1H3. The number of hydrogen-bond donors (Lipinski definition) is 1. The number of carbonyl (C=O) groups is 1. The van der Waals surface area contributed by atoms with Crippen molar-refractivity contribution < 1.29 is 4.79 Å². The smallest absolute Gasteiger partial charge is 0.254 e. The van der Waals surface area contributed by atoms with E-state index < -0.39 is 0 Å². The summed E-state index contributed by atoms with van der Waals surface area (Å²) in [4.78, 5) is 24.1. The average Bonchev–Trinajstić information content (AvgIpc) is 2.73. The van der Waals surface area contributed by atoms with E-state index in [4.69, 9.17) is 4.98 Å². The number of benzene rings is 1. The van der Waals surface area contributed by atoms with Gasteiger partial charge in [0, 0.05) is 42.5 Å². The largest absolute Gasteiger partial charge is 0.337 e. The van der Waals surface area contributed by atoms with Gasteiger partial charge in [0.15, 0.2) is 0 Å². The number of para-hydroxylation sites is 1. The molecule has 1 unspecified atom stereocenters. The first-order chi connectivity index (χ1) is 12.8. The molecule has 1 amide bonds. The van der Waals surface area contributed by atoms with Crippen molar-refractivity contribution in [3.05, 3.63) is 60.4 Å². The van der Waals surface area contributed by atoms with Crippen molar-refractivity contribution in [1.29, 1.82) is 0 Å². The van der Waals surface area contributed by atoms with Gasteiger partial charge in [0.1, 0.15) is 0 Å². The van der Waals surface area contributed by atoms with Crippen molar-refractivity contribution >= 4 is 16.8 Å². The van der Waals surface area contributed by atoms with Gasteiger partial charge in [-0.2, -0.15) is 0 Å². The summed E-state index contributed by atoms with van der Waals surface area (Å²) < 4.78 is 0. The summed E-state index contributed by atoms with van der Waals surface area (Å²) in [6.45, 7) is 1.55. The van der Waals surface area contributed by atoms with Crippen molar-refractivity contribution in [3.8, 4) is 11.3 Å². The lowest BCUT2D eigenvalue weighted by molar-refractivity contribution is 0.0700. The first-order valence-corrected chi connectivity index (χ1v) is 9.03. The molecule has 0 aliphatic carbocycles. The SMILES string of the molecule is CNC1CCCN(C(=O)c2cc(-c3ccncc3)nc3ccccc23)C1. The second-order valence-electron chi connectivity index (χ2n) is 6.69. The molecule has 5 nitrogen and oxygen atoms in total. The number of hydrogen-bond acceptors (Lipinski definition) is 4. The molecule has 1 N–H and O–H groups in total. The lowest BCUT2D eigenvalue weighted by Gasteiger charge is -2.33. The average molecular weight is 346 g/mol. The van der Waals surface area contributed by atoms with Gasteiger partial charge in [-0.1, -0.05) is 18.2 Å². The van der Waals surface area contributed by atoms with Crippen LogP contribution in [0.15, 0.2) is 54.9 Å². The van der Waals surface area contributed by atoms with E-state index in [9.17, 15) is 4.79 Å². The Balaban J connectivity index is 1.79. The number of likely N-dealkylation sites (N-methyl/N-ethyl adjacent to an activating group) is 1. The summed E-state index contributed by atoms with van der Waals surface area (Å²) >= 11 is 0. The predicted octanol–water partition coefficient (Wildman–Crippen LogP) is 3.12. The van der Waals surface area contributed by atoms with Crippen LogP contribution in [0, 0.1) is 0 Å². The predicted molar refractivity (Wildman–Crippen MR) is 103 cm³/mol. The summed E-state index contributed by atoms with van der Waals surface area (Å²) in [7, 11) is 1.96. The molecule has 0 radical (unpaired) electrons. The number of nitrogens with one attached hydrogen (secondary N) is 1. The number of rotatable bonds is 3. The Kier molecular flexibility index (Phi) is 4.63. The van der Waals surface area contributed by atoms with Gasteiger partial charge in [-0.25, -0.2) is 4.98 Å². The lowest BCUT2D eigenvalue weighted by Crippen LogP contribution is -2.47. The normalized spacial score (nSPS) is 17.4. The van der Waals surface area contributed by atoms with E-state index in [0.717, 1.165) is 53.7 Å². The Morgan fingerprint density at radius 2 is 2.00 bits per heavy atom. The zero-order chi connectivity index (χ0) is 17.9. The topological polar surface area (TPSA) is 58.1 Å². The molecule has 1 aliphatic rings. The third-order valence-corrected chi connectivity index (χ3v) is 5.04. The molecule has 2 aromatic heterocycles. The summed E-state index contributed by atoms with van der Waals surface area (Å²) in [5.74, 6) is 0.0823. The quantitative estimate of drug-likeness (QED) is 0.792. The van der Waals surface area contributed by atoms with Crippen LogP contribution >= 0.6 is 0 Å². The maximum absolute atomic E-state index is 13.3. The van der Waals surface area contributed by atoms with E-state index in [1.807, 2.05) is 54.4 Å². The van der Waals surface area contributed by atoms with Gasteiger partial charge in [-0.05, 0) is 44.2 Å². The minimum atomic E-state index is 0.0823. The fourth-order valence-corrected chi connectivity index (χ4v) is 3.59. The van der Waals surface area contributed by atoms with Crippen LogP contribution in [-0.4, -0.2) is 47.0 Å². The molecule has 1 atom stereocenters. The van der Waals surface area contributed by atoms with Crippen molar-refractivity contribution in [2.24, 2.45) is 0 Å². The third kappa shape index (κ3) is 3.18. The summed E-state index contributed by atoms with van der Waals surface area (Å²) in [5, 5.41) is 4.21. The number of aromatic nitrogens is 2. The first kappa shape index (κ1) is 16.7. The summed E-state index contributed by atoms with van der Waals surface area (Å²) in [6.07, 6.45) is 5.63. The highest BCUT2D eigenvalue weighted by molar-refractivity contribution is 6.07. The van der Waals surface area contributed by atoms with E-state index in [-0.39, 0.29) is 5.91 Å². The third-order valence-electron chi connectivity index (χ3n) is 5.04. The molecular formula is C21H22N4O. The Morgan fingerprint density at radius 3 is 2.81 bits per heavy atom. The molecule has 26 heavy (non-hydrogen) atoms. The van der Waals surface area contributed by atoms with Crippen LogP contribution in [0.2, 0.25) is 0 Å².